The molecular weight excluding hydrogens is 472 g/mol. The summed E-state index contributed by atoms with van der Waals surface area (Å²) in [5.74, 6) is -0.414. The van der Waals surface area contributed by atoms with Crippen molar-refractivity contribution in [3.05, 3.63) is 144 Å². The van der Waals surface area contributed by atoms with Gasteiger partial charge in [-0.3, -0.25) is 14.6 Å². The zero-order chi connectivity index (χ0) is 26.2. The van der Waals surface area contributed by atoms with Crippen molar-refractivity contribution in [2.75, 3.05) is 5.32 Å². The van der Waals surface area contributed by atoms with Gasteiger partial charge in [0.2, 0.25) is 5.91 Å². The minimum atomic E-state index is -0.285. The lowest BCUT2D eigenvalue weighted by molar-refractivity contribution is -0.111. The first-order valence-corrected chi connectivity index (χ1v) is 12.1. The van der Waals surface area contributed by atoms with Crippen molar-refractivity contribution >= 4 is 29.5 Å². The second kappa shape index (κ2) is 11.6. The number of aromatic nitrogens is 3. The molecule has 0 spiro atoms. The number of para-hydroxylation sites is 1. The highest BCUT2D eigenvalue weighted by Crippen LogP contribution is 2.25. The largest absolute Gasteiger partial charge is 0.323 e. The molecule has 5 rings (SSSR count). The van der Waals surface area contributed by atoms with Crippen LogP contribution in [0, 0.1) is 0 Å². The van der Waals surface area contributed by atoms with E-state index < -0.39 is 0 Å². The second-order valence-corrected chi connectivity index (χ2v) is 8.46. The zero-order valence-corrected chi connectivity index (χ0v) is 20.4. The molecule has 6 nitrogen and oxygen atoms in total. The smallest absolute Gasteiger partial charge is 0.248 e. The van der Waals surface area contributed by atoms with Crippen LogP contribution in [-0.2, 0) is 4.79 Å². The van der Waals surface area contributed by atoms with Gasteiger partial charge in [0.25, 0.3) is 0 Å². The molecule has 38 heavy (non-hydrogen) atoms. The molecule has 0 radical (unpaired) electrons. The maximum Gasteiger partial charge on any atom is 0.248 e. The molecule has 0 atom stereocenters. The number of anilines is 1. The fourth-order valence-electron chi connectivity index (χ4n) is 3.85. The van der Waals surface area contributed by atoms with Gasteiger partial charge in [-0.2, -0.15) is 5.10 Å². The number of pyridine rings is 1. The molecule has 0 fully saturated rings. The van der Waals surface area contributed by atoms with E-state index in [4.69, 9.17) is 5.10 Å². The molecule has 5 aromatic rings. The lowest BCUT2D eigenvalue weighted by Gasteiger charge is -2.03. The third-order valence-corrected chi connectivity index (χ3v) is 5.77. The summed E-state index contributed by atoms with van der Waals surface area (Å²) in [5, 5.41) is 7.61. The van der Waals surface area contributed by atoms with Crippen LogP contribution in [0.3, 0.4) is 0 Å². The van der Waals surface area contributed by atoms with Crippen LogP contribution < -0.4 is 5.32 Å². The SMILES string of the molecule is O=C(/C=C/c1cn(-c2ccccc2)nc1-c1ccccc1)Nc1ccc(C(=O)/C=C/c2cccnc2)cc1. The lowest BCUT2D eigenvalue weighted by atomic mass is 10.1. The Bertz CT molecular complexity index is 1590. The summed E-state index contributed by atoms with van der Waals surface area (Å²) in [7, 11) is 0. The summed E-state index contributed by atoms with van der Waals surface area (Å²) < 4.78 is 1.80. The molecule has 0 unspecified atom stereocenters. The molecule has 2 aromatic heterocycles. The van der Waals surface area contributed by atoms with E-state index in [2.05, 4.69) is 10.3 Å². The zero-order valence-electron chi connectivity index (χ0n) is 20.4. The highest BCUT2D eigenvalue weighted by atomic mass is 16.1. The van der Waals surface area contributed by atoms with E-state index in [-0.39, 0.29) is 11.7 Å². The highest BCUT2D eigenvalue weighted by molar-refractivity contribution is 6.07. The number of hydrogen-bond acceptors (Lipinski definition) is 4. The Morgan fingerprint density at radius 3 is 2.21 bits per heavy atom. The second-order valence-electron chi connectivity index (χ2n) is 8.46. The van der Waals surface area contributed by atoms with E-state index in [0.717, 1.165) is 28.1 Å². The Morgan fingerprint density at radius 1 is 0.763 bits per heavy atom. The third-order valence-electron chi connectivity index (χ3n) is 5.77. The number of amides is 1. The Balaban J connectivity index is 1.28. The minimum Gasteiger partial charge on any atom is -0.323 e. The minimum absolute atomic E-state index is 0.129. The summed E-state index contributed by atoms with van der Waals surface area (Å²) in [4.78, 5) is 29.2. The predicted molar refractivity (Wildman–Crippen MR) is 151 cm³/mol. The highest BCUT2D eigenvalue weighted by Gasteiger charge is 2.11. The van der Waals surface area contributed by atoms with Gasteiger partial charge < -0.3 is 5.32 Å². The number of hydrogen-bond donors (Lipinski definition) is 1. The van der Waals surface area contributed by atoms with Crippen LogP contribution >= 0.6 is 0 Å². The van der Waals surface area contributed by atoms with Crippen molar-refractivity contribution in [2.24, 2.45) is 0 Å². The molecule has 6 heteroatoms. The first kappa shape index (κ1) is 24.3. The van der Waals surface area contributed by atoms with Gasteiger partial charge in [0, 0.05) is 47.0 Å². The van der Waals surface area contributed by atoms with E-state index in [1.165, 1.54) is 12.2 Å². The number of carbonyl (C=O) groups excluding carboxylic acids is 2. The van der Waals surface area contributed by atoms with Gasteiger partial charge in [0.1, 0.15) is 0 Å². The molecule has 1 N–H and O–H groups in total. The molecule has 1 amide bonds. The van der Waals surface area contributed by atoms with Crippen LogP contribution in [-0.4, -0.2) is 26.5 Å². The Morgan fingerprint density at radius 2 is 1.50 bits per heavy atom. The fraction of sp³-hybridized carbons (Fsp3) is 0. The Hall–Kier alpha value is -5.36. The molecule has 0 saturated heterocycles. The van der Waals surface area contributed by atoms with Crippen molar-refractivity contribution in [1.82, 2.24) is 14.8 Å². The van der Waals surface area contributed by atoms with Gasteiger partial charge in [-0.1, -0.05) is 54.6 Å². The first-order valence-electron chi connectivity index (χ1n) is 12.1. The van der Waals surface area contributed by atoms with Crippen LogP contribution in [0.15, 0.2) is 128 Å². The molecule has 2 heterocycles. The van der Waals surface area contributed by atoms with Gasteiger partial charge in [-0.05, 0) is 66.3 Å². The van der Waals surface area contributed by atoms with Gasteiger partial charge in [0.15, 0.2) is 5.78 Å². The molecule has 0 aliphatic rings. The van der Waals surface area contributed by atoms with Crippen molar-refractivity contribution in [3.63, 3.8) is 0 Å². The number of allylic oxidation sites excluding steroid dienone is 1. The van der Waals surface area contributed by atoms with Crippen LogP contribution in [0.25, 0.3) is 29.1 Å². The van der Waals surface area contributed by atoms with E-state index in [0.29, 0.717) is 11.3 Å². The summed E-state index contributed by atoms with van der Waals surface area (Å²) >= 11 is 0. The van der Waals surface area contributed by atoms with E-state index >= 15 is 0 Å². The van der Waals surface area contributed by atoms with Gasteiger partial charge in [-0.25, -0.2) is 4.68 Å². The normalized spacial score (nSPS) is 11.2. The molecule has 3 aromatic carbocycles. The molecular formula is C32H24N4O2. The average molecular weight is 497 g/mol. The van der Waals surface area contributed by atoms with Crippen LogP contribution in [0.5, 0.6) is 0 Å². The van der Waals surface area contributed by atoms with Crippen LogP contribution in [0.2, 0.25) is 0 Å². The molecule has 184 valence electrons. The third kappa shape index (κ3) is 6.06. The Kier molecular flexibility index (Phi) is 7.42. The first-order chi connectivity index (χ1) is 18.7. The number of nitrogens with one attached hydrogen (secondary N) is 1. The predicted octanol–water partition coefficient (Wildman–Crippen LogP) is 6.48. The van der Waals surface area contributed by atoms with Crippen molar-refractivity contribution < 1.29 is 9.59 Å². The van der Waals surface area contributed by atoms with Crippen molar-refractivity contribution in [2.45, 2.75) is 0 Å². The monoisotopic (exact) mass is 496 g/mol. The maximum atomic E-state index is 12.7. The number of ketones is 1. The maximum absolute atomic E-state index is 12.7. The lowest BCUT2D eigenvalue weighted by Crippen LogP contribution is -2.07. The van der Waals surface area contributed by atoms with E-state index in [1.54, 1.807) is 53.5 Å². The van der Waals surface area contributed by atoms with Gasteiger partial charge >= 0.3 is 0 Å². The number of carbonyl (C=O) groups is 2. The number of nitrogens with zero attached hydrogens (tertiary/aromatic N) is 3. The summed E-state index contributed by atoms with van der Waals surface area (Å²) in [6.07, 6.45) is 11.7. The van der Waals surface area contributed by atoms with Crippen molar-refractivity contribution in [1.29, 1.82) is 0 Å². The summed E-state index contributed by atoms with van der Waals surface area (Å²) in [5.41, 5.74) is 5.45. The summed E-state index contributed by atoms with van der Waals surface area (Å²) in [6.45, 7) is 0. The quantitative estimate of drug-likeness (QED) is 0.197. The van der Waals surface area contributed by atoms with E-state index in [9.17, 15) is 9.59 Å². The summed E-state index contributed by atoms with van der Waals surface area (Å²) in [6, 6.07) is 30.2. The van der Waals surface area contributed by atoms with Crippen LogP contribution in [0.4, 0.5) is 5.69 Å². The fourth-order valence-corrected chi connectivity index (χ4v) is 3.85. The molecule has 0 aliphatic heterocycles. The molecule has 0 saturated carbocycles. The van der Waals surface area contributed by atoms with Gasteiger partial charge in [0.05, 0.1) is 11.4 Å². The van der Waals surface area contributed by atoms with Gasteiger partial charge in [-0.15, -0.1) is 0 Å². The Labute approximate surface area is 220 Å². The van der Waals surface area contributed by atoms with Crippen molar-refractivity contribution in [3.8, 4) is 16.9 Å². The number of benzene rings is 3. The topological polar surface area (TPSA) is 76.9 Å². The molecule has 0 bridgehead atoms. The number of rotatable bonds is 8. The van der Waals surface area contributed by atoms with E-state index in [1.807, 2.05) is 79.0 Å². The average Bonchev–Trinajstić information content (AvgIpc) is 3.41. The standard InChI is InChI=1S/C32H24N4O2/c37-30(19-13-24-8-7-21-33-22-24)25-14-17-28(18-15-25)34-31(38)20-16-27-23-36(29-11-5-2-6-12-29)35-32(27)26-9-3-1-4-10-26/h1-23H,(H,34,38)/b19-13+,20-16+. The van der Waals surface area contributed by atoms with Crippen LogP contribution in [0.1, 0.15) is 21.5 Å². The molecule has 0 aliphatic carbocycles.